The highest BCUT2D eigenvalue weighted by Crippen LogP contribution is 2.29. The molecule has 0 aliphatic heterocycles. The zero-order valence-electron chi connectivity index (χ0n) is 10.1. The smallest absolute Gasteiger partial charge is 0.283 e. The lowest BCUT2D eigenvalue weighted by Crippen LogP contribution is -2.23. The van der Waals surface area contributed by atoms with Gasteiger partial charge in [0.05, 0.1) is 9.40 Å². The third-order valence-electron chi connectivity index (χ3n) is 2.64. The van der Waals surface area contributed by atoms with Gasteiger partial charge in [0.15, 0.2) is 0 Å². The Hall–Kier alpha value is -0.940. The first-order chi connectivity index (χ1) is 8.10. The largest absolute Gasteiger partial charge is 0.299 e. The molecule has 0 amide bonds. The highest BCUT2D eigenvalue weighted by molar-refractivity contribution is 9.10. The quantitative estimate of drug-likeness (QED) is 0.596. The molecule has 0 heterocycles. The summed E-state index contributed by atoms with van der Waals surface area (Å²) in [5.74, 6) is 0. The molecule has 17 heavy (non-hydrogen) atoms. The van der Waals surface area contributed by atoms with Crippen LogP contribution >= 0.6 is 15.9 Å². The fourth-order valence-corrected chi connectivity index (χ4v) is 2.27. The second kappa shape index (κ2) is 6.71. The lowest BCUT2D eigenvalue weighted by Gasteiger charge is -2.20. The van der Waals surface area contributed by atoms with Crippen LogP contribution in [0.25, 0.3) is 0 Å². The SMILES string of the molecule is CCCN(CC)Cc1cccc([N+](=O)[O-])c1Br. The van der Waals surface area contributed by atoms with E-state index in [1.807, 2.05) is 6.07 Å². The molecule has 1 aromatic carbocycles. The molecule has 1 rings (SSSR count). The Morgan fingerprint density at radius 3 is 2.65 bits per heavy atom. The van der Waals surface area contributed by atoms with Gasteiger partial charge in [-0.2, -0.15) is 0 Å². The van der Waals surface area contributed by atoms with Gasteiger partial charge in [0.25, 0.3) is 5.69 Å². The van der Waals surface area contributed by atoms with Gasteiger partial charge in [0.2, 0.25) is 0 Å². The Balaban J connectivity index is 2.91. The van der Waals surface area contributed by atoms with Crippen LogP contribution in [-0.2, 0) is 6.54 Å². The van der Waals surface area contributed by atoms with E-state index in [1.54, 1.807) is 6.07 Å². The van der Waals surface area contributed by atoms with Crippen LogP contribution in [0.3, 0.4) is 0 Å². The maximum absolute atomic E-state index is 10.8. The summed E-state index contributed by atoms with van der Waals surface area (Å²) in [5.41, 5.74) is 1.10. The summed E-state index contributed by atoms with van der Waals surface area (Å²) in [7, 11) is 0. The average Bonchev–Trinajstić information content (AvgIpc) is 2.30. The molecule has 0 aliphatic carbocycles. The fourth-order valence-electron chi connectivity index (χ4n) is 1.74. The average molecular weight is 301 g/mol. The molecule has 0 unspecified atom stereocenters. The maximum atomic E-state index is 10.8. The van der Waals surface area contributed by atoms with Gasteiger partial charge in [-0.1, -0.05) is 26.0 Å². The van der Waals surface area contributed by atoms with Gasteiger partial charge in [-0.15, -0.1) is 0 Å². The first-order valence-electron chi connectivity index (χ1n) is 5.74. The van der Waals surface area contributed by atoms with E-state index in [0.717, 1.165) is 31.6 Å². The molecular weight excluding hydrogens is 284 g/mol. The Labute approximate surface area is 110 Å². The molecule has 0 aromatic heterocycles. The Morgan fingerprint density at radius 2 is 2.12 bits per heavy atom. The summed E-state index contributed by atoms with van der Waals surface area (Å²) in [6.45, 7) is 6.92. The first kappa shape index (κ1) is 14.1. The van der Waals surface area contributed by atoms with Crippen LogP contribution in [0.5, 0.6) is 0 Å². The number of rotatable bonds is 6. The van der Waals surface area contributed by atoms with E-state index in [0.29, 0.717) is 4.47 Å². The van der Waals surface area contributed by atoms with E-state index in [4.69, 9.17) is 0 Å². The van der Waals surface area contributed by atoms with E-state index in [-0.39, 0.29) is 10.6 Å². The fraction of sp³-hybridized carbons (Fsp3) is 0.500. The molecule has 1 aromatic rings. The van der Waals surface area contributed by atoms with Gasteiger partial charge in [0.1, 0.15) is 0 Å². The summed E-state index contributed by atoms with van der Waals surface area (Å²) in [6.07, 6.45) is 1.08. The van der Waals surface area contributed by atoms with Crippen molar-refractivity contribution in [2.75, 3.05) is 13.1 Å². The second-order valence-corrected chi connectivity index (χ2v) is 4.67. The summed E-state index contributed by atoms with van der Waals surface area (Å²) < 4.78 is 0.597. The topological polar surface area (TPSA) is 46.4 Å². The number of hydrogen-bond donors (Lipinski definition) is 0. The first-order valence-corrected chi connectivity index (χ1v) is 6.53. The van der Waals surface area contributed by atoms with Crippen LogP contribution in [0.15, 0.2) is 22.7 Å². The highest BCUT2D eigenvalue weighted by Gasteiger charge is 2.15. The summed E-state index contributed by atoms with van der Waals surface area (Å²) >= 11 is 3.32. The molecule has 0 N–H and O–H groups in total. The van der Waals surface area contributed by atoms with Gasteiger partial charge >= 0.3 is 0 Å². The molecule has 4 nitrogen and oxygen atoms in total. The molecule has 0 radical (unpaired) electrons. The number of nitro benzene ring substituents is 1. The van der Waals surface area contributed by atoms with Crippen molar-refractivity contribution in [1.82, 2.24) is 4.90 Å². The van der Waals surface area contributed by atoms with Gasteiger partial charge < -0.3 is 0 Å². The Kier molecular flexibility index (Phi) is 5.58. The van der Waals surface area contributed by atoms with E-state index in [9.17, 15) is 10.1 Å². The van der Waals surface area contributed by atoms with Crippen molar-refractivity contribution in [1.29, 1.82) is 0 Å². The van der Waals surface area contributed by atoms with Crippen molar-refractivity contribution >= 4 is 21.6 Å². The van der Waals surface area contributed by atoms with E-state index >= 15 is 0 Å². The third kappa shape index (κ3) is 3.78. The molecule has 0 saturated heterocycles. The van der Waals surface area contributed by atoms with Crippen LogP contribution in [0.1, 0.15) is 25.8 Å². The lowest BCUT2D eigenvalue weighted by atomic mass is 10.2. The van der Waals surface area contributed by atoms with Gasteiger partial charge in [-0.3, -0.25) is 15.0 Å². The molecule has 0 bridgehead atoms. The molecule has 0 fully saturated rings. The van der Waals surface area contributed by atoms with Crippen molar-refractivity contribution < 1.29 is 4.92 Å². The van der Waals surface area contributed by atoms with Crippen LogP contribution in [0.2, 0.25) is 0 Å². The number of hydrogen-bond acceptors (Lipinski definition) is 3. The number of nitrogens with zero attached hydrogens (tertiary/aromatic N) is 2. The Morgan fingerprint density at radius 1 is 1.41 bits per heavy atom. The minimum atomic E-state index is -0.357. The minimum absolute atomic E-state index is 0.134. The molecule has 0 atom stereocenters. The maximum Gasteiger partial charge on any atom is 0.283 e. The van der Waals surface area contributed by atoms with Crippen molar-refractivity contribution in [3.63, 3.8) is 0 Å². The number of nitro groups is 1. The van der Waals surface area contributed by atoms with Crippen molar-refractivity contribution in [2.45, 2.75) is 26.8 Å². The summed E-state index contributed by atoms with van der Waals surface area (Å²) in [6, 6.07) is 5.18. The van der Waals surface area contributed by atoms with Crippen LogP contribution in [0.4, 0.5) is 5.69 Å². The zero-order chi connectivity index (χ0) is 12.8. The predicted octanol–water partition coefficient (Wildman–Crippen LogP) is 3.59. The molecule has 94 valence electrons. The lowest BCUT2D eigenvalue weighted by molar-refractivity contribution is -0.385. The molecular formula is C12H17BrN2O2. The highest BCUT2D eigenvalue weighted by atomic mass is 79.9. The van der Waals surface area contributed by atoms with E-state index in [1.165, 1.54) is 6.07 Å². The molecule has 0 aliphatic rings. The van der Waals surface area contributed by atoms with Crippen molar-refractivity contribution in [3.8, 4) is 0 Å². The van der Waals surface area contributed by atoms with Gasteiger partial charge in [-0.25, -0.2) is 0 Å². The molecule has 0 spiro atoms. The number of benzene rings is 1. The standard InChI is InChI=1S/C12H17BrN2O2/c1-3-8-14(4-2)9-10-6-5-7-11(12(10)13)15(16)17/h5-7H,3-4,8-9H2,1-2H3. The van der Waals surface area contributed by atoms with Gasteiger partial charge in [0, 0.05) is 12.6 Å². The van der Waals surface area contributed by atoms with Crippen LogP contribution in [-0.4, -0.2) is 22.9 Å². The molecule has 5 heteroatoms. The van der Waals surface area contributed by atoms with Crippen LogP contribution < -0.4 is 0 Å². The minimum Gasteiger partial charge on any atom is -0.299 e. The predicted molar refractivity (Wildman–Crippen MR) is 72.0 cm³/mol. The monoisotopic (exact) mass is 300 g/mol. The van der Waals surface area contributed by atoms with Crippen molar-refractivity contribution in [3.05, 3.63) is 38.3 Å². The van der Waals surface area contributed by atoms with Crippen LogP contribution in [0, 0.1) is 10.1 Å². The normalized spacial score (nSPS) is 10.8. The Bertz CT molecular complexity index is 396. The third-order valence-corrected chi connectivity index (χ3v) is 3.55. The van der Waals surface area contributed by atoms with E-state index < -0.39 is 0 Å². The number of halogens is 1. The second-order valence-electron chi connectivity index (χ2n) is 3.88. The summed E-state index contributed by atoms with van der Waals surface area (Å²) in [5, 5.41) is 10.8. The summed E-state index contributed by atoms with van der Waals surface area (Å²) in [4.78, 5) is 12.7. The van der Waals surface area contributed by atoms with E-state index in [2.05, 4.69) is 34.7 Å². The van der Waals surface area contributed by atoms with Gasteiger partial charge in [-0.05, 0) is 41.0 Å². The van der Waals surface area contributed by atoms with Crippen molar-refractivity contribution in [2.24, 2.45) is 0 Å². The molecule has 0 saturated carbocycles. The zero-order valence-corrected chi connectivity index (χ0v) is 11.7.